The van der Waals surface area contributed by atoms with Gasteiger partial charge >= 0.3 is 16.3 Å². The molecule has 17 heavy (non-hydrogen) atoms. The number of carbonyl (C=O) groups excluding carboxylic acids is 1. The Morgan fingerprint density at radius 1 is 1.53 bits per heavy atom. The average molecular weight is 265 g/mol. The maximum absolute atomic E-state index is 11.9. The third-order valence-corrected chi connectivity index (χ3v) is 3.86. The standard InChI is InChI=1S/C9H19N3O4S/c1-2-16-9(13)11-17(14,15)12(7-3-6-10)8-4-5-8/h8H,2-7,10H2,1H3,(H,11,13). The zero-order chi connectivity index (χ0) is 12.9. The highest BCUT2D eigenvalue weighted by Crippen LogP contribution is 2.28. The van der Waals surface area contributed by atoms with Gasteiger partial charge in [-0.05, 0) is 32.7 Å². The van der Waals surface area contributed by atoms with Crippen LogP contribution in [-0.4, -0.2) is 44.6 Å². The summed E-state index contributed by atoms with van der Waals surface area (Å²) in [7, 11) is -3.80. The maximum atomic E-state index is 11.9. The van der Waals surface area contributed by atoms with Crippen molar-refractivity contribution in [2.75, 3.05) is 19.7 Å². The van der Waals surface area contributed by atoms with Crippen LogP contribution in [0.15, 0.2) is 0 Å². The van der Waals surface area contributed by atoms with Crippen molar-refractivity contribution in [1.82, 2.24) is 9.03 Å². The van der Waals surface area contributed by atoms with E-state index in [4.69, 9.17) is 5.73 Å². The summed E-state index contributed by atoms with van der Waals surface area (Å²) in [5.74, 6) is 0. The zero-order valence-corrected chi connectivity index (χ0v) is 10.7. The van der Waals surface area contributed by atoms with Crippen LogP contribution in [0, 0.1) is 0 Å². The predicted molar refractivity (Wildman–Crippen MR) is 62.5 cm³/mol. The fourth-order valence-corrected chi connectivity index (χ4v) is 2.79. The van der Waals surface area contributed by atoms with Crippen LogP contribution in [0.3, 0.4) is 0 Å². The van der Waals surface area contributed by atoms with Gasteiger partial charge in [-0.15, -0.1) is 0 Å². The molecule has 0 aromatic carbocycles. The topological polar surface area (TPSA) is 102 Å². The molecule has 100 valence electrons. The van der Waals surface area contributed by atoms with Crippen molar-refractivity contribution in [3.8, 4) is 0 Å². The molecular formula is C9H19N3O4S. The fourth-order valence-electron chi connectivity index (χ4n) is 1.43. The lowest BCUT2D eigenvalue weighted by molar-refractivity contribution is 0.158. The van der Waals surface area contributed by atoms with E-state index < -0.39 is 16.3 Å². The molecule has 0 radical (unpaired) electrons. The van der Waals surface area contributed by atoms with Crippen LogP contribution in [0.1, 0.15) is 26.2 Å². The molecule has 8 heteroatoms. The molecule has 0 atom stereocenters. The van der Waals surface area contributed by atoms with E-state index in [0.717, 1.165) is 12.8 Å². The van der Waals surface area contributed by atoms with Crippen LogP contribution < -0.4 is 10.5 Å². The van der Waals surface area contributed by atoms with Crippen LogP contribution in [0.4, 0.5) is 4.79 Å². The van der Waals surface area contributed by atoms with Crippen LogP contribution in [0.2, 0.25) is 0 Å². The van der Waals surface area contributed by atoms with E-state index in [-0.39, 0.29) is 12.6 Å². The molecule has 1 fully saturated rings. The molecule has 0 saturated heterocycles. The van der Waals surface area contributed by atoms with Crippen LogP contribution >= 0.6 is 0 Å². The minimum atomic E-state index is -3.80. The van der Waals surface area contributed by atoms with Gasteiger partial charge in [0.25, 0.3) is 0 Å². The minimum absolute atomic E-state index is 0.00604. The van der Waals surface area contributed by atoms with Crippen molar-refractivity contribution in [2.45, 2.75) is 32.2 Å². The SMILES string of the molecule is CCOC(=O)NS(=O)(=O)N(CCCN)C1CC1. The number of nitrogens with one attached hydrogen (secondary N) is 1. The molecule has 0 spiro atoms. The van der Waals surface area contributed by atoms with Gasteiger partial charge in [-0.2, -0.15) is 12.7 Å². The second kappa shape index (κ2) is 6.18. The van der Waals surface area contributed by atoms with E-state index in [0.29, 0.717) is 19.5 Å². The van der Waals surface area contributed by atoms with Crippen LogP contribution in [0.25, 0.3) is 0 Å². The average Bonchev–Trinajstić information content (AvgIpc) is 3.01. The normalized spacial score (nSPS) is 15.9. The van der Waals surface area contributed by atoms with Crippen molar-refractivity contribution in [2.24, 2.45) is 5.73 Å². The molecule has 1 rings (SSSR count). The molecule has 0 aliphatic heterocycles. The van der Waals surface area contributed by atoms with E-state index >= 15 is 0 Å². The van der Waals surface area contributed by atoms with Crippen molar-refractivity contribution in [3.05, 3.63) is 0 Å². The zero-order valence-electron chi connectivity index (χ0n) is 9.89. The maximum Gasteiger partial charge on any atom is 0.421 e. The quantitative estimate of drug-likeness (QED) is 0.663. The third-order valence-electron chi connectivity index (χ3n) is 2.33. The van der Waals surface area contributed by atoms with Crippen molar-refractivity contribution in [1.29, 1.82) is 0 Å². The summed E-state index contributed by atoms with van der Waals surface area (Å²) >= 11 is 0. The second-order valence-electron chi connectivity index (χ2n) is 3.81. The number of ether oxygens (including phenoxy) is 1. The molecule has 3 N–H and O–H groups in total. The number of nitrogens with two attached hydrogens (primary N) is 1. The van der Waals surface area contributed by atoms with E-state index in [1.54, 1.807) is 6.92 Å². The van der Waals surface area contributed by atoms with E-state index in [2.05, 4.69) is 4.74 Å². The molecule has 0 unspecified atom stereocenters. The molecule has 7 nitrogen and oxygen atoms in total. The number of hydrogen-bond donors (Lipinski definition) is 2. The first-order chi connectivity index (χ1) is 8.01. The highest BCUT2D eigenvalue weighted by atomic mass is 32.2. The number of hydrogen-bond acceptors (Lipinski definition) is 5. The molecular weight excluding hydrogens is 246 g/mol. The van der Waals surface area contributed by atoms with Crippen molar-refractivity contribution in [3.63, 3.8) is 0 Å². The summed E-state index contributed by atoms with van der Waals surface area (Å²) < 4.78 is 31.5. The Bertz CT molecular complexity index is 353. The minimum Gasteiger partial charge on any atom is -0.449 e. The highest BCUT2D eigenvalue weighted by Gasteiger charge is 2.37. The van der Waals surface area contributed by atoms with Gasteiger partial charge in [-0.1, -0.05) is 0 Å². The Balaban J connectivity index is 2.60. The van der Waals surface area contributed by atoms with Crippen molar-refractivity contribution >= 4 is 16.3 Å². The number of rotatable bonds is 7. The Morgan fingerprint density at radius 2 is 2.18 bits per heavy atom. The smallest absolute Gasteiger partial charge is 0.421 e. The molecule has 0 heterocycles. The first-order valence-electron chi connectivity index (χ1n) is 5.67. The summed E-state index contributed by atoms with van der Waals surface area (Å²) in [6.07, 6.45) is 1.29. The monoisotopic (exact) mass is 265 g/mol. The number of carbonyl (C=O) groups is 1. The molecule has 0 bridgehead atoms. The lowest BCUT2D eigenvalue weighted by Crippen LogP contribution is -2.45. The fraction of sp³-hybridized carbons (Fsp3) is 0.889. The van der Waals surface area contributed by atoms with Gasteiger partial charge in [0.2, 0.25) is 0 Å². The van der Waals surface area contributed by atoms with Gasteiger partial charge in [0.15, 0.2) is 0 Å². The van der Waals surface area contributed by atoms with Gasteiger partial charge in [0, 0.05) is 12.6 Å². The Kier molecular flexibility index (Phi) is 5.16. The summed E-state index contributed by atoms with van der Waals surface area (Å²) in [6.45, 7) is 2.49. The number of nitrogens with zero attached hydrogens (tertiary/aromatic N) is 1. The molecule has 1 aliphatic carbocycles. The van der Waals surface area contributed by atoms with E-state index in [1.807, 2.05) is 4.72 Å². The van der Waals surface area contributed by atoms with Gasteiger partial charge in [-0.3, -0.25) is 0 Å². The molecule has 1 amide bonds. The lowest BCUT2D eigenvalue weighted by Gasteiger charge is -2.21. The van der Waals surface area contributed by atoms with E-state index in [1.165, 1.54) is 4.31 Å². The Labute approximate surface area is 101 Å². The predicted octanol–water partition coefficient (Wildman–Crippen LogP) is -0.209. The first-order valence-corrected chi connectivity index (χ1v) is 7.11. The van der Waals surface area contributed by atoms with Crippen molar-refractivity contribution < 1.29 is 17.9 Å². The van der Waals surface area contributed by atoms with Gasteiger partial charge in [0.1, 0.15) is 0 Å². The summed E-state index contributed by atoms with van der Waals surface area (Å²) in [5, 5.41) is 0. The van der Waals surface area contributed by atoms with Gasteiger partial charge < -0.3 is 10.5 Å². The second-order valence-corrected chi connectivity index (χ2v) is 5.43. The molecule has 1 saturated carbocycles. The number of amides is 1. The Morgan fingerprint density at radius 3 is 2.65 bits per heavy atom. The third kappa shape index (κ3) is 4.49. The van der Waals surface area contributed by atoms with Gasteiger partial charge in [-0.25, -0.2) is 9.52 Å². The molecule has 1 aliphatic rings. The van der Waals surface area contributed by atoms with Gasteiger partial charge in [0.05, 0.1) is 6.61 Å². The highest BCUT2D eigenvalue weighted by molar-refractivity contribution is 7.87. The van der Waals surface area contributed by atoms with E-state index in [9.17, 15) is 13.2 Å². The summed E-state index contributed by atoms with van der Waals surface area (Å²) in [5.41, 5.74) is 5.36. The summed E-state index contributed by atoms with van der Waals surface area (Å²) in [4.78, 5) is 11.1. The lowest BCUT2D eigenvalue weighted by atomic mass is 10.4. The summed E-state index contributed by atoms with van der Waals surface area (Å²) in [6, 6.07) is -0.00604. The largest absolute Gasteiger partial charge is 0.449 e. The molecule has 0 aromatic rings. The molecule has 0 aromatic heterocycles. The Hall–Kier alpha value is -0.860. The first kappa shape index (κ1) is 14.2. The van der Waals surface area contributed by atoms with Crippen LogP contribution in [0.5, 0.6) is 0 Å². The van der Waals surface area contributed by atoms with Crippen LogP contribution in [-0.2, 0) is 14.9 Å².